The minimum absolute atomic E-state index is 0.205. The van der Waals surface area contributed by atoms with Crippen LogP contribution in [0.2, 0.25) is 0 Å². The molecule has 0 radical (unpaired) electrons. The van der Waals surface area contributed by atoms with Crippen molar-refractivity contribution in [3.63, 3.8) is 0 Å². The highest BCUT2D eigenvalue weighted by atomic mass is 32.2. The Kier molecular flexibility index (Phi) is 4.80. The Balaban J connectivity index is 2.06. The van der Waals surface area contributed by atoms with Gasteiger partial charge in [0.15, 0.2) is 6.61 Å². The van der Waals surface area contributed by atoms with Crippen molar-refractivity contribution in [3.8, 4) is 5.75 Å². The van der Waals surface area contributed by atoms with Gasteiger partial charge in [-0.1, -0.05) is 6.92 Å². The number of ether oxygens (including phenoxy) is 1. The second-order valence-corrected chi connectivity index (χ2v) is 5.48. The molecule has 0 amide bonds. The summed E-state index contributed by atoms with van der Waals surface area (Å²) in [6.45, 7) is 0.807. The number of alkyl halides is 3. The van der Waals surface area contributed by atoms with Gasteiger partial charge in [0.2, 0.25) is 0 Å². The van der Waals surface area contributed by atoms with Gasteiger partial charge in [0, 0.05) is 0 Å². The van der Waals surface area contributed by atoms with Crippen LogP contribution in [0.4, 0.5) is 13.2 Å². The number of rotatable bonds is 4. The van der Waals surface area contributed by atoms with Crippen LogP contribution in [0.5, 0.6) is 5.75 Å². The van der Waals surface area contributed by atoms with E-state index in [9.17, 15) is 13.2 Å². The molecule has 2 rings (SSSR count). The lowest BCUT2D eigenvalue weighted by Crippen LogP contribution is -2.28. The first-order valence-corrected chi connectivity index (χ1v) is 7.26. The molecule has 0 spiro atoms. The molecular formula is C13H15F3N2OS. The second kappa shape index (κ2) is 6.39. The average molecular weight is 304 g/mol. The van der Waals surface area contributed by atoms with E-state index in [1.54, 1.807) is 23.9 Å². The number of hydrogen-bond donors (Lipinski definition) is 1. The van der Waals surface area contributed by atoms with Gasteiger partial charge < -0.3 is 4.74 Å². The fourth-order valence-electron chi connectivity index (χ4n) is 1.85. The molecule has 3 nitrogen and oxygen atoms in total. The molecule has 1 heterocycles. The van der Waals surface area contributed by atoms with Crippen LogP contribution < -0.4 is 10.2 Å². The molecule has 0 saturated heterocycles. The SMILES string of the molecule is CCC1SCNN=C1c1ccc(OCC(F)(F)F)cc1. The van der Waals surface area contributed by atoms with E-state index in [-0.39, 0.29) is 5.75 Å². The zero-order valence-corrected chi connectivity index (χ0v) is 11.7. The maximum Gasteiger partial charge on any atom is 0.422 e. The standard InChI is InChI=1S/C13H15F3N2OS/c1-2-11-12(18-17-8-20-11)9-3-5-10(6-4-9)19-7-13(14,15)16/h3-6,11,17H,2,7-8H2,1H3. The summed E-state index contributed by atoms with van der Waals surface area (Å²) in [5.41, 5.74) is 4.75. The number of benzene rings is 1. The third kappa shape index (κ3) is 4.06. The molecule has 0 aliphatic carbocycles. The van der Waals surface area contributed by atoms with E-state index in [0.29, 0.717) is 5.25 Å². The fraction of sp³-hybridized carbons (Fsp3) is 0.462. The molecule has 7 heteroatoms. The second-order valence-electron chi connectivity index (χ2n) is 4.29. The van der Waals surface area contributed by atoms with Gasteiger partial charge in [0.05, 0.1) is 16.8 Å². The molecule has 1 aromatic rings. The maximum absolute atomic E-state index is 12.1. The summed E-state index contributed by atoms with van der Waals surface area (Å²) in [5.74, 6) is 0.977. The lowest BCUT2D eigenvalue weighted by atomic mass is 10.1. The third-order valence-corrected chi connectivity index (χ3v) is 4.03. The van der Waals surface area contributed by atoms with Gasteiger partial charge in [0.25, 0.3) is 0 Å². The molecule has 1 aliphatic heterocycles. The van der Waals surface area contributed by atoms with Crippen LogP contribution in [0.15, 0.2) is 29.4 Å². The van der Waals surface area contributed by atoms with E-state index in [1.165, 1.54) is 12.1 Å². The molecule has 0 bridgehead atoms. The van der Waals surface area contributed by atoms with Gasteiger partial charge in [0.1, 0.15) is 5.75 Å². The maximum atomic E-state index is 12.1. The van der Waals surface area contributed by atoms with Crippen molar-refractivity contribution in [2.24, 2.45) is 5.10 Å². The molecule has 110 valence electrons. The number of hydrogen-bond acceptors (Lipinski definition) is 4. The van der Waals surface area contributed by atoms with E-state index >= 15 is 0 Å². The third-order valence-electron chi connectivity index (χ3n) is 2.78. The Bertz CT molecular complexity index is 473. The monoisotopic (exact) mass is 304 g/mol. The Morgan fingerprint density at radius 1 is 1.35 bits per heavy atom. The van der Waals surface area contributed by atoms with Crippen LogP contribution in [0, 0.1) is 0 Å². The van der Waals surface area contributed by atoms with Crippen molar-refractivity contribution in [1.29, 1.82) is 0 Å². The first-order valence-electron chi connectivity index (χ1n) is 6.21. The van der Waals surface area contributed by atoms with E-state index in [1.807, 2.05) is 0 Å². The Morgan fingerprint density at radius 2 is 2.05 bits per heavy atom. The minimum atomic E-state index is -4.32. The summed E-state index contributed by atoms with van der Waals surface area (Å²) >= 11 is 1.76. The smallest absolute Gasteiger partial charge is 0.422 e. The summed E-state index contributed by atoms with van der Waals surface area (Å²) in [7, 11) is 0. The zero-order chi connectivity index (χ0) is 14.6. The molecule has 0 fully saturated rings. The lowest BCUT2D eigenvalue weighted by molar-refractivity contribution is -0.153. The predicted molar refractivity (Wildman–Crippen MR) is 74.2 cm³/mol. The summed E-state index contributed by atoms with van der Waals surface area (Å²) in [6.07, 6.45) is -3.36. The molecule has 1 unspecified atom stereocenters. The fourth-order valence-corrected chi connectivity index (χ4v) is 2.78. The van der Waals surface area contributed by atoms with Gasteiger partial charge in [-0.2, -0.15) is 18.3 Å². The van der Waals surface area contributed by atoms with Crippen LogP contribution in [-0.2, 0) is 0 Å². The topological polar surface area (TPSA) is 33.6 Å². The molecule has 1 atom stereocenters. The molecule has 1 N–H and O–H groups in total. The molecule has 0 aromatic heterocycles. The van der Waals surface area contributed by atoms with Gasteiger partial charge in [-0.15, -0.1) is 11.8 Å². The number of thioether (sulfide) groups is 1. The summed E-state index contributed by atoms with van der Waals surface area (Å²) in [5, 5.41) is 4.60. The van der Waals surface area contributed by atoms with Crippen molar-refractivity contribution in [3.05, 3.63) is 29.8 Å². The number of halogens is 3. The average Bonchev–Trinajstić information content (AvgIpc) is 2.45. The minimum Gasteiger partial charge on any atom is -0.484 e. The Labute approximate surface area is 119 Å². The van der Waals surface area contributed by atoms with Crippen LogP contribution in [-0.4, -0.2) is 29.6 Å². The normalized spacial score (nSPS) is 19.2. The first kappa shape index (κ1) is 15.0. The zero-order valence-electron chi connectivity index (χ0n) is 10.9. The molecule has 0 saturated carbocycles. The van der Waals surface area contributed by atoms with Crippen molar-refractivity contribution in [2.45, 2.75) is 24.8 Å². The Hall–Kier alpha value is -1.37. The number of nitrogens with one attached hydrogen (secondary N) is 1. The summed E-state index contributed by atoms with van der Waals surface area (Å²) in [4.78, 5) is 0. The van der Waals surface area contributed by atoms with Gasteiger partial charge in [-0.05, 0) is 36.2 Å². The highest BCUT2D eigenvalue weighted by molar-refractivity contribution is 8.00. The van der Waals surface area contributed by atoms with Crippen LogP contribution in [0.1, 0.15) is 18.9 Å². The molecule has 1 aromatic carbocycles. The van der Waals surface area contributed by atoms with Gasteiger partial charge in [-0.3, -0.25) is 5.43 Å². The first-order chi connectivity index (χ1) is 9.49. The lowest BCUT2D eigenvalue weighted by Gasteiger charge is -2.22. The highest BCUT2D eigenvalue weighted by Crippen LogP contribution is 2.24. The molecule has 20 heavy (non-hydrogen) atoms. The number of hydrazone groups is 1. The molecule has 1 aliphatic rings. The predicted octanol–water partition coefficient (Wildman–Crippen LogP) is 3.40. The van der Waals surface area contributed by atoms with Crippen LogP contribution in [0.3, 0.4) is 0 Å². The molecular weight excluding hydrogens is 289 g/mol. The van der Waals surface area contributed by atoms with Gasteiger partial charge in [-0.25, -0.2) is 0 Å². The van der Waals surface area contributed by atoms with E-state index < -0.39 is 12.8 Å². The van der Waals surface area contributed by atoms with E-state index in [0.717, 1.165) is 23.6 Å². The van der Waals surface area contributed by atoms with Crippen molar-refractivity contribution >= 4 is 17.5 Å². The van der Waals surface area contributed by atoms with Crippen LogP contribution in [0.25, 0.3) is 0 Å². The van der Waals surface area contributed by atoms with E-state index in [2.05, 4.69) is 22.2 Å². The summed E-state index contributed by atoms with van der Waals surface area (Å²) < 4.78 is 40.8. The van der Waals surface area contributed by atoms with Crippen molar-refractivity contribution < 1.29 is 17.9 Å². The van der Waals surface area contributed by atoms with E-state index in [4.69, 9.17) is 0 Å². The highest BCUT2D eigenvalue weighted by Gasteiger charge is 2.28. The van der Waals surface area contributed by atoms with Crippen LogP contribution >= 0.6 is 11.8 Å². The van der Waals surface area contributed by atoms with Crippen molar-refractivity contribution in [1.82, 2.24) is 5.43 Å². The number of nitrogens with zero attached hydrogens (tertiary/aromatic N) is 1. The van der Waals surface area contributed by atoms with Gasteiger partial charge >= 0.3 is 6.18 Å². The largest absolute Gasteiger partial charge is 0.484 e. The van der Waals surface area contributed by atoms with Crippen molar-refractivity contribution in [2.75, 3.05) is 12.5 Å². The Morgan fingerprint density at radius 3 is 2.65 bits per heavy atom. The summed E-state index contributed by atoms with van der Waals surface area (Å²) in [6, 6.07) is 6.55. The quantitative estimate of drug-likeness (QED) is 0.925.